The van der Waals surface area contributed by atoms with Gasteiger partial charge in [0.05, 0.1) is 6.54 Å². The predicted molar refractivity (Wildman–Crippen MR) is 92.1 cm³/mol. The molecule has 22 heavy (non-hydrogen) atoms. The molecule has 106 valence electrons. The summed E-state index contributed by atoms with van der Waals surface area (Å²) in [5.41, 5.74) is 1.30. The molecule has 0 saturated carbocycles. The molecule has 4 aromatic carbocycles. The zero-order chi connectivity index (χ0) is 14.5. The first kappa shape index (κ1) is 12.0. The summed E-state index contributed by atoms with van der Waals surface area (Å²) in [6.07, 6.45) is 0.786. The molecule has 0 radical (unpaired) electrons. The van der Waals surface area contributed by atoms with E-state index in [0.717, 1.165) is 25.5 Å². The number of ether oxygens (including phenoxy) is 1. The minimum absolute atomic E-state index is 0.723. The Morgan fingerprint density at radius 3 is 2.32 bits per heavy atom. The molecule has 0 fully saturated rings. The highest BCUT2D eigenvalue weighted by Crippen LogP contribution is 2.36. The van der Waals surface area contributed by atoms with Crippen LogP contribution in [-0.2, 0) is 11.2 Å². The van der Waals surface area contributed by atoms with Crippen LogP contribution in [-0.4, -0.2) is 19.0 Å². The number of hydrogen-bond donors (Lipinski definition) is 0. The third-order valence-corrected chi connectivity index (χ3v) is 4.61. The Bertz CT molecular complexity index is 1020. The Balaban J connectivity index is 1.85. The van der Waals surface area contributed by atoms with E-state index in [4.69, 9.17) is 4.74 Å². The van der Waals surface area contributed by atoms with Crippen molar-refractivity contribution in [1.29, 1.82) is 0 Å². The van der Waals surface area contributed by atoms with E-state index in [1.54, 1.807) is 0 Å². The Labute approximate surface area is 128 Å². The summed E-state index contributed by atoms with van der Waals surface area (Å²) in [6, 6.07) is 19.9. The van der Waals surface area contributed by atoms with E-state index >= 15 is 0 Å². The van der Waals surface area contributed by atoms with Gasteiger partial charge in [0.1, 0.15) is 6.61 Å². The van der Waals surface area contributed by atoms with E-state index < -0.39 is 0 Å². The normalized spacial score (nSPS) is 14.8. The fourth-order valence-corrected chi connectivity index (χ4v) is 3.60. The van der Waals surface area contributed by atoms with Crippen LogP contribution in [0.1, 0.15) is 5.56 Å². The second-order valence-electron chi connectivity index (χ2n) is 5.88. The second-order valence-corrected chi connectivity index (χ2v) is 5.88. The van der Waals surface area contributed by atoms with Crippen molar-refractivity contribution < 1.29 is 4.74 Å². The van der Waals surface area contributed by atoms with Crippen molar-refractivity contribution in [3.8, 4) is 0 Å². The smallest absolute Gasteiger partial charge is 0.187 e. The van der Waals surface area contributed by atoms with Crippen molar-refractivity contribution >= 4 is 38.2 Å². The SMILES string of the molecule is c1cc2ccc3ccc(CC4=NCCO4)c4ccc(c1)c2c34. The van der Waals surface area contributed by atoms with Crippen LogP contribution >= 0.6 is 0 Å². The van der Waals surface area contributed by atoms with E-state index in [9.17, 15) is 0 Å². The van der Waals surface area contributed by atoms with E-state index in [0.29, 0.717) is 0 Å². The molecule has 4 aromatic rings. The molecule has 0 spiro atoms. The Morgan fingerprint density at radius 2 is 1.55 bits per heavy atom. The summed E-state index contributed by atoms with van der Waals surface area (Å²) in [4.78, 5) is 4.43. The van der Waals surface area contributed by atoms with Gasteiger partial charge >= 0.3 is 0 Å². The van der Waals surface area contributed by atoms with Gasteiger partial charge in [0.2, 0.25) is 0 Å². The van der Waals surface area contributed by atoms with Gasteiger partial charge in [0.25, 0.3) is 0 Å². The van der Waals surface area contributed by atoms with Gasteiger partial charge in [-0.3, -0.25) is 4.99 Å². The van der Waals surface area contributed by atoms with Crippen molar-refractivity contribution in [2.45, 2.75) is 6.42 Å². The summed E-state index contributed by atoms with van der Waals surface area (Å²) in [5.74, 6) is 0.870. The fourth-order valence-electron chi connectivity index (χ4n) is 3.60. The van der Waals surface area contributed by atoms with Crippen LogP contribution < -0.4 is 0 Å². The first-order valence-electron chi connectivity index (χ1n) is 7.72. The Hall–Kier alpha value is -2.61. The van der Waals surface area contributed by atoms with Gasteiger partial charge in [0.15, 0.2) is 5.90 Å². The van der Waals surface area contributed by atoms with E-state index in [1.165, 1.54) is 37.9 Å². The maximum Gasteiger partial charge on any atom is 0.187 e. The predicted octanol–water partition coefficient (Wildman–Crippen LogP) is 4.56. The topological polar surface area (TPSA) is 21.6 Å². The minimum Gasteiger partial charge on any atom is -0.479 e. The lowest BCUT2D eigenvalue weighted by Gasteiger charge is -2.13. The van der Waals surface area contributed by atoms with Gasteiger partial charge < -0.3 is 4.74 Å². The average molecular weight is 285 g/mol. The highest BCUT2D eigenvalue weighted by Gasteiger charge is 2.14. The molecule has 0 atom stereocenters. The molecule has 2 nitrogen and oxygen atoms in total. The molecule has 0 saturated heterocycles. The van der Waals surface area contributed by atoms with Crippen molar-refractivity contribution in [3.63, 3.8) is 0 Å². The number of aliphatic imine (C=N–C) groups is 1. The Morgan fingerprint density at radius 1 is 0.818 bits per heavy atom. The maximum atomic E-state index is 5.60. The summed E-state index contributed by atoms with van der Waals surface area (Å²) in [5, 5.41) is 7.97. The molecule has 5 rings (SSSR count). The molecule has 2 heteroatoms. The number of nitrogens with zero attached hydrogens (tertiary/aromatic N) is 1. The molecule has 0 bridgehead atoms. The standard InChI is InChI=1S/C20H15NO/c1-2-13-4-5-15-6-7-16(12-18-21-10-11-22-18)17-9-8-14(3-1)19(13)20(15)17/h1-9H,10-12H2. The van der Waals surface area contributed by atoms with Gasteiger partial charge in [-0.05, 0) is 37.9 Å². The molecule has 1 aliphatic rings. The quantitative estimate of drug-likeness (QED) is 0.495. The first-order chi connectivity index (χ1) is 10.9. The first-order valence-corrected chi connectivity index (χ1v) is 7.72. The van der Waals surface area contributed by atoms with Crippen LogP contribution in [0.15, 0.2) is 59.6 Å². The van der Waals surface area contributed by atoms with E-state index in [2.05, 4.69) is 59.6 Å². The monoisotopic (exact) mass is 285 g/mol. The molecular weight excluding hydrogens is 270 g/mol. The third kappa shape index (κ3) is 1.64. The molecule has 1 aliphatic heterocycles. The molecular formula is C20H15NO. The second kappa shape index (κ2) is 4.44. The molecule has 0 unspecified atom stereocenters. The highest BCUT2D eigenvalue weighted by molar-refractivity contribution is 6.23. The largest absolute Gasteiger partial charge is 0.479 e. The molecule has 0 aromatic heterocycles. The van der Waals surface area contributed by atoms with Gasteiger partial charge in [-0.15, -0.1) is 0 Å². The number of hydrogen-bond acceptors (Lipinski definition) is 2. The molecule has 0 aliphatic carbocycles. The number of benzene rings is 4. The Kier molecular flexibility index (Phi) is 2.42. The van der Waals surface area contributed by atoms with E-state index in [1.807, 2.05) is 0 Å². The lowest BCUT2D eigenvalue weighted by molar-refractivity contribution is 0.341. The maximum absolute atomic E-state index is 5.60. The van der Waals surface area contributed by atoms with Crippen LogP contribution in [0, 0.1) is 0 Å². The van der Waals surface area contributed by atoms with Crippen molar-refractivity contribution in [1.82, 2.24) is 0 Å². The lowest BCUT2D eigenvalue weighted by atomic mass is 9.91. The van der Waals surface area contributed by atoms with Crippen LogP contribution in [0.5, 0.6) is 0 Å². The van der Waals surface area contributed by atoms with Crippen LogP contribution in [0.25, 0.3) is 32.3 Å². The summed E-state index contributed by atoms with van der Waals surface area (Å²) < 4.78 is 5.60. The average Bonchev–Trinajstić information content (AvgIpc) is 3.07. The lowest BCUT2D eigenvalue weighted by Crippen LogP contribution is -2.04. The van der Waals surface area contributed by atoms with Crippen LogP contribution in [0.4, 0.5) is 0 Å². The van der Waals surface area contributed by atoms with Gasteiger partial charge in [-0.25, -0.2) is 0 Å². The molecule has 0 N–H and O–H groups in total. The minimum atomic E-state index is 0.723. The summed E-state index contributed by atoms with van der Waals surface area (Å²) in [6.45, 7) is 1.52. The van der Waals surface area contributed by atoms with Crippen LogP contribution in [0.3, 0.4) is 0 Å². The molecule has 1 heterocycles. The van der Waals surface area contributed by atoms with Crippen LogP contribution in [0.2, 0.25) is 0 Å². The zero-order valence-corrected chi connectivity index (χ0v) is 12.2. The summed E-state index contributed by atoms with van der Waals surface area (Å²) in [7, 11) is 0. The van der Waals surface area contributed by atoms with Gasteiger partial charge in [0, 0.05) is 6.42 Å². The van der Waals surface area contributed by atoms with Crippen molar-refractivity contribution in [3.05, 3.63) is 60.2 Å². The van der Waals surface area contributed by atoms with Gasteiger partial charge in [-0.2, -0.15) is 0 Å². The fraction of sp³-hybridized carbons (Fsp3) is 0.150. The van der Waals surface area contributed by atoms with E-state index in [-0.39, 0.29) is 0 Å². The van der Waals surface area contributed by atoms with Crippen molar-refractivity contribution in [2.24, 2.45) is 4.99 Å². The van der Waals surface area contributed by atoms with Crippen molar-refractivity contribution in [2.75, 3.05) is 13.2 Å². The molecule has 0 amide bonds. The zero-order valence-electron chi connectivity index (χ0n) is 12.2. The summed E-state index contributed by atoms with van der Waals surface area (Å²) >= 11 is 0. The highest BCUT2D eigenvalue weighted by atomic mass is 16.5. The number of rotatable bonds is 2. The third-order valence-electron chi connectivity index (χ3n) is 4.61. The van der Waals surface area contributed by atoms with Gasteiger partial charge in [-0.1, -0.05) is 54.6 Å².